The minimum absolute atomic E-state index is 0. The molecule has 0 saturated carbocycles. The maximum Gasteiger partial charge on any atom is 1.00 e. The summed E-state index contributed by atoms with van der Waals surface area (Å²) in [4.78, 5) is 26.3. The molecule has 3 N–H and O–H groups in total. The zero-order valence-electron chi connectivity index (χ0n) is 15.6. The Labute approximate surface area is 177 Å². The molecule has 0 atom stereocenters. The number of rotatable bonds is 5. The molecule has 0 saturated heterocycles. The molecule has 1 amide bonds. The summed E-state index contributed by atoms with van der Waals surface area (Å²) in [6.45, 7) is 0. The van der Waals surface area contributed by atoms with E-state index in [4.69, 9.17) is 5.73 Å². The number of nitrogens with zero attached hydrogens (tertiary/aromatic N) is 2. The number of halogens is 1. The Bertz CT molecular complexity index is 950. The van der Waals surface area contributed by atoms with Crippen LogP contribution in [0.2, 0.25) is 0 Å². The number of carbonyl (C=O) groups excluding carboxylic acids is 2. The monoisotopic (exact) mass is 378 g/mol. The van der Waals surface area contributed by atoms with Crippen LogP contribution in [0.15, 0.2) is 48.9 Å². The molecule has 0 fully saturated rings. The van der Waals surface area contributed by atoms with Crippen LogP contribution in [0, 0.1) is 5.82 Å². The fourth-order valence-corrected chi connectivity index (χ4v) is 2.61. The number of primary amides is 1. The molecule has 0 aliphatic heterocycles. The topological polar surface area (TPSA) is 111 Å². The number of hydrogen-bond donors (Lipinski definition) is 2. The second-order valence-electron chi connectivity index (χ2n) is 5.48. The van der Waals surface area contributed by atoms with Crippen LogP contribution in [-0.2, 0) is 16.0 Å². The summed E-state index contributed by atoms with van der Waals surface area (Å²) >= 11 is 0. The van der Waals surface area contributed by atoms with Crippen LogP contribution in [-0.4, -0.2) is 27.2 Å². The molecule has 2 heterocycles. The second-order valence-corrected chi connectivity index (χ2v) is 5.48. The molecule has 0 bridgehead atoms. The van der Waals surface area contributed by atoms with E-state index >= 15 is 0 Å². The van der Waals surface area contributed by atoms with Gasteiger partial charge in [0, 0.05) is 35.6 Å². The summed E-state index contributed by atoms with van der Waals surface area (Å²) < 4.78 is 17.5. The largest absolute Gasteiger partial charge is 1.00 e. The van der Waals surface area contributed by atoms with E-state index < -0.39 is 12.1 Å². The number of nitrogens with two attached hydrogens (primary N) is 1. The molecule has 7 nitrogen and oxygen atoms in total. The van der Waals surface area contributed by atoms with E-state index in [9.17, 15) is 14.0 Å². The first-order chi connectivity index (χ1) is 12.5. The number of benzene rings is 1. The van der Waals surface area contributed by atoms with E-state index in [0.29, 0.717) is 5.69 Å². The van der Waals surface area contributed by atoms with E-state index in [1.165, 1.54) is 12.1 Å². The van der Waals surface area contributed by atoms with Crippen molar-refractivity contribution < 1.29 is 49.7 Å². The number of amides is 1. The van der Waals surface area contributed by atoms with Gasteiger partial charge in [-0.25, -0.2) is 9.18 Å². The van der Waals surface area contributed by atoms with Gasteiger partial charge >= 0.3 is 41.6 Å². The SMILES string of the molecule is NC(=O)OC(=O)CCc1[nH]ncc1-c1ccncc1-c1ccc(F)cc1.[H-].[Na+]. The first kappa shape index (κ1) is 20.8. The van der Waals surface area contributed by atoms with E-state index in [0.717, 1.165) is 22.3 Å². The van der Waals surface area contributed by atoms with Gasteiger partial charge in [-0.2, -0.15) is 5.10 Å². The van der Waals surface area contributed by atoms with Crippen molar-refractivity contribution in [2.75, 3.05) is 0 Å². The van der Waals surface area contributed by atoms with Crippen LogP contribution in [0.25, 0.3) is 22.3 Å². The van der Waals surface area contributed by atoms with E-state index in [1.54, 1.807) is 30.7 Å². The summed E-state index contributed by atoms with van der Waals surface area (Å²) in [6, 6.07) is 7.90. The summed E-state index contributed by atoms with van der Waals surface area (Å²) in [5.74, 6) is -1.04. The normalized spacial score (nSPS) is 10.1. The quantitative estimate of drug-likeness (QED) is 0.367. The minimum Gasteiger partial charge on any atom is -1.00 e. The van der Waals surface area contributed by atoms with Gasteiger partial charge in [0.1, 0.15) is 5.82 Å². The number of aryl methyl sites for hydroxylation is 1. The Balaban J connectivity index is 0.00000196. The average Bonchev–Trinajstić information content (AvgIpc) is 3.08. The van der Waals surface area contributed by atoms with Crippen LogP contribution in [0.5, 0.6) is 0 Å². The Morgan fingerprint density at radius 2 is 1.85 bits per heavy atom. The molecule has 3 aromatic rings. The minimum atomic E-state index is -1.13. The standard InChI is InChI=1S/C18H15FN4O3.Na.H/c19-12-3-1-11(2-4-12)14-9-21-8-7-13(14)15-10-22-23-16(15)5-6-17(24)26-18(20)25;;/h1-4,7-10H,5-6H2,(H2,20,25)(H,22,23);;/q;+1;-1. The molecule has 0 radical (unpaired) electrons. The van der Waals surface area contributed by atoms with Gasteiger partial charge in [0.05, 0.1) is 12.6 Å². The predicted octanol–water partition coefficient (Wildman–Crippen LogP) is -0.0512. The number of aromatic amines is 1. The van der Waals surface area contributed by atoms with Crippen LogP contribution in [0.3, 0.4) is 0 Å². The van der Waals surface area contributed by atoms with E-state index in [1.807, 2.05) is 6.07 Å². The van der Waals surface area contributed by atoms with E-state index in [-0.39, 0.29) is 49.6 Å². The van der Waals surface area contributed by atoms with Crippen LogP contribution in [0.4, 0.5) is 9.18 Å². The Morgan fingerprint density at radius 3 is 2.56 bits per heavy atom. The molecule has 2 aromatic heterocycles. The van der Waals surface area contributed by atoms with Gasteiger partial charge in [0.2, 0.25) is 0 Å². The predicted molar refractivity (Wildman–Crippen MR) is 92.3 cm³/mol. The number of pyridine rings is 1. The van der Waals surface area contributed by atoms with Crippen molar-refractivity contribution in [1.29, 1.82) is 0 Å². The smallest absolute Gasteiger partial charge is 1.00 e. The van der Waals surface area contributed by atoms with Gasteiger partial charge in [-0.05, 0) is 29.3 Å². The van der Waals surface area contributed by atoms with Crippen molar-refractivity contribution in [1.82, 2.24) is 15.2 Å². The van der Waals surface area contributed by atoms with Crippen molar-refractivity contribution in [3.8, 4) is 22.3 Å². The number of hydrogen-bond acceptors (Lipinski definition) is 5. The number of carbonyl (C=O) groups is 2. The second kappa shape index (κ2) is 9.40. The molecule has 3 rings (SSSR count). The van der Waals surface area contributed by atoms with Crippen molar-refractivity contribution in [2.45, 2.75) is 12.8 Å². The van der Waals surface area contributed by atoms with E-state index in [2.05, 4.69) is 19.9 Å². The number of nitrogens with one attached hydrogen (secondary N) is 1. The maximum atomic E-state index is 13.2. The Kier molecular flexibility index (Phi) is 7.23. The van der Waals surface area contributed by atoms with Gasteiger partial charge in [-0.1, -0.05) is 12.1 Å². The summed E-state index contributed by atoms with van der Waals surface area (Å²) in [6.07, 6.45) is 4.08. The average molecular weight is 378 g/mol. The molecule has 9 heteroatoms. The molecule has 0 unspecified atom stereocenters. The molecule has 0 spiro atoms. The molecular formula is C18H16FN4NaO3. The van der Waals surface area contributed by atoms with Gasteiger partial charge < -0.3 is 11.9 Å². The first-order valence-electron chi connectivity index (χ1n) is 7.77. The molecule has 134 valence electrons. The fourth-order valence-electron chi connectivity index (χ4n) is 2.61. The number of ether oxygens (including phenoxy) is 1. The van der Waals surface area contributed by atoms with Crippen molar-refractivity contribution >= 4 is 12.1 Å². The maximum absolute atomic E-state index is 13.2. The van der Waals surface area contributed by atoms with Crippen molar-refractivity contribution in [3.05, 3.63) is 60.4 Å². The van der Waals surface area contributed by atoms with Gasteiger partial charge in [-0.15, -0.1) is 0 Å². The number of H-pyrrole nitrogens is 1. The van der Waals surface area contributed by atoms with Crippen LogP contribution >= 0.6 is 0 Å². The molecule has 1 aromatic carbocycles. The zero-order valence-corrected chi connectivity index (χ0v) is 16.6. The molecule has 0 aliphatic carbocycles. The Morgan fingerprint density at radius 1 is 1.11 bits per heavy atom. The summed E-state index contributed by atoms with van der Waals surface area (Å²) in [5.41, 5.74) is 8.73. The fraction of sp³-hybridized carbons (Fsp3) is 0.111. The summed E-state index contributed by atoms with van der Waals surface area (Å²) in [5, 5.41) is 6.88. The third-order valence-electron chi connectivity index (χ3n) is 3.78. The van der Waals surface area contributed by atoms with Gasteiger partial charge in [-0.3, -0.25) is 14.9 Å². The van der Waals surface area contributed by atoms with Crippen LogP contribution in [0.1, 0.15) is 13.5 Å². The summed E-state index contributed by atoms with van der Waals surface area (Å²) in [7, 11) is 0. The molecular weight excluding hydrogens is 362 g/mol. The van der Waals surface area contributed by atoms with Gasteiger partial charge in [0.15, 0.2) is 0 Å². The zero-order chi connectivity index (χ0) is 18.5. The number of esters is 1. The van der Waals surface area contributed by atoms with Gasteiger partial charge in [0.25, 0.3) is 0 Å². The Hall–Kier alpha value is -2.55. The molecule has 0 aliphatic rings. The number of aromatic nitrogens is 3. The first-order valence-corrected chi connectivity index (χ1v) is 7.77. The van der Waals surface area contributed by atoms with Crippen LogP contribution < -0.4 is 35.3 Å². The third-order valence-corrected chi connectivity index (χ3v) is 3.78. The van der Waals surface area contributed by atoms with Crippen molar-refractivity contribution in [2.24, 2.45) is 5.73 Å². The van der Waals surface area contributed by atoms with Crippen molar-refractivity contribution in [3.63, 3.8) is 0 Å². The molecule has 27 heavy (non-hydrogen) atoms. The third kappa shape index (κ3) is 5.22.